The number of aryl methyl sites for hydroxylation is 3. The van der Waals surface area contributed by atoms with Crippen LogP contribution in [-0.2, 0) is 29.0 Å². The molecule has 0 spiro atoms. The molecule has 5 rings (SSSR count). The van der Waals surface area contributed by atoms with Gasteiger partial charge in [0, 0.05) is 50.7 Å². The maximum Gasteiger partial charge on any atom is 0.310 e. The Bertz CT molecular complexity index is 1660. The summed E-state index contributed by atoms with van der Waals surface area (Å²) in [5, 5.41) is 10.3. The molecule has 3 aromatic heterocycles. The van der Waals surface area contributed by atoms with Crippen molar-refractivity contribution in [2.24, 2.45) is 0 Å². The van der Waals surface area contributed by atoms with Gasteiger partial charge in [-0.15, -0.1) is 0 Å². The van der Waals surface area contributed by atoms with Crippen LogP contribution in [0, 0.1) is 13.8 Å². The summed E-state index contributed by atoms with van der Waals surface area (Å²) >= 11 is 0. The van der Waals surface area contributed by atoms with E-state index in [0.29, 0.717) is 0 Å². The van der Waals surface area contributed by atoms with E-state index in [9.17, 15) is 9.90 Å². The minimum absolute atomic E-state index is 0.0610. The molecule has 7 heteroatoms. The molecule has 0 saturated carbocycles. The van der Waals surface area contributed by atoms with Crippen molar-refractivity contribution >= 4 is 39.7 Å². The van der Waals surface area contributed by atoms with Gasteiger partial charge in [-0.2, -0.15) is 0 Å². The molecule has 0 aromatic carbocycles. The summed E-state index contributed by atoms with van der Waals surface area (Å²) in [6, 6.07) is 6.30. The fourth-order valence-electron chi connectivity index (χ4n) is 6.11. The summed E-state index contributed by atoms with van der Waals surface area (Å²) in [5.41, 5.74) is 13.5. The topological polar surface area (TPSA) is 104 Å². The summed E-state index contributed by atoms with van der Waals surface area (Å²) < 4.78 is 5.09. The van der Waals surface area contributed by atoms with Gasteiger partial charge in [-0.1, -0.05) is 20.8 Å². The van der Waals surface area contributed by atoms with Crippen molar-refractivity contribution in [3.8, 4) is 0 Å². The van der Waals surface area contributed by atoms with Gasteiger partial charge in [0.1, 0.15) is 0 Å². The van der Waals surface area contributed by atoms with Gasteiger partial charge < -0.3 is 19.8 Å². The molecule has 2 aliphatic rings. The molecule has 8 bridgehead atoms. The van der Waals surface area contributed by atoms with E-state index in [-0.39, 0.29) is 30.8 Å². The number of ether oxygens (including phenoxy) is 1. The third-order valence-corrected chi connectivity index (χ3v) is 8.55. The van der Waals surface area contributed by atoms with E-state index in [4.69, 9.17) is 14.7 Å². The first-order chi connectivity index (χ1) is 18.7. The van der Waals surface area contributed by atoms with Crippen LogP contribution in [0.25, 0.3) is 33.7 Å². The molecule has 0 fully saturated rings. The highest BCUT2D eigenvalue weighted by molar-refractivity contribution is 5.86. The third-order valence-electron chi connectivity index (χ3n) is 8.55. The van der Waals surface area contributed by atoms with E-state index in [1.165, 1.54) is 18.2 Å². The number of aromatic nitrogens is 4. The van der Waals surface area contributed by atoms with Crippen LogP contribution in [0.1, 0.15) is 96.5 Å². The molecule has 3 aromatic rings. The Morgan fingerprint density at radius 3 is 2.26 bits per heavy atom. The van der Waals surface area contributed by atoms with Crippen molar-refractivity contribution in [1.29, 1.82) is 0 Å². The van der Waals surface area contributed by atoms with Gasteiger partial charge in [0.25, 0.3) is 0 Å². The first-order valence-electron chi connectivity index (χ1n) is 13.8. The molecule has 204 valence electrons. The minimum Gasteiger partial charge on any atom is -0.469 e. The second-order valence-electron chi connectivity index (χ2n) is 10.7. The first-order valence-corrected chi connectivity index (χ1v) is 13.8. The summed E-state index contributed by atoms with van der Waals surface area (Å²) in [6.07, 6.45) is 3.93. The van der Waals surface area contributed by atoms with E-state index >= 15 is 0 Å². The Hall–Kier alpha value is -3.71. The van der Waals surface area contributed by atoms with E-state index in [1.54, 1.807) is 0 Å². The lowest BCUT2D eigenvalue weighted by Crippen LogP contribution is -2.11. The summed E-state index contributed by atoms with van der Waals surface area (Å²) in [4.78, 5) is 30.0. The van der Waals surface area contributed by atoms with Crippen molar-refractivity contribution in [2.75, 3.05) is 7.11 Å². The Labute approximate surface area is 229 Å². The Morgan fingerprint density at radius 1 is 0.949 bits per heavy atom. The van der Waals surface area contributed by atoms with Crippen molar-refractivity contribution in [1.82, 2.24) is 19.9 Å². The van der Waals surface area contributed by atoms with Gasteiger partial charge in [0.2, 0.25) is 0 Å². The molecule has 0 amide bonds. The number of aliphatic hydroxyl groups excluding tert-OH is 1. The number of carbonyl (C=O) groups is 1. The number of aliphatic hydroxyl groups is 1. The van der Waals surface area contributed by atoms with Crippen LogP contribution in [0.15, 0.2) is 18.2 Å². The molecule has 39 heavy (non-hydrogen) atoms. The fourth-order valence-corrected chi connectivity index (χ4v) is 6.11. The minimum atomic E-state index is -0.306. The molecular formula is C32H38N4O3. The Kier molecular flexibility index (Phi) is 7.21. The lowest BCUT2D eigenvalue weighted by atomic mass is 9.86. The molecule has 0 unspecified atom stereocenters. The maximum absolute atomic E-state index is 12.6. The number of carbonyl (C=O) groups excluding carboxylic acids is 1. The largest absolute Gasteiger partial charge is 0.469 e. The fraction of sp³-hybridized carbons (Fsp3) is 0.406. The lowest BCUT2D eigenvalue weighted by Gasteiger charge is -2.16. The van der Waals surface area contributed by atoms with Gasteiger partial charge in [-0.05, 0) is 80.2 Å². The zero-order valence-electron chi connectivity index (χ0n) is 24.0. The summed E-state index contributed by atoms with van der Waals surface area (Å²) in [6.45, 7) is 12.7. The number of rotatable bonds is 5. The first kappa shape index (κ1) is 26.9. The number of allylic oxidation sites excluding steroid dienone is 1. The van der Waals surface area contributed by atoms with Crippen LogP contribution < -0.4 is 0 Å². The standard InChI is InChI=1S/C32H38N4O3/c1-8-20-17(4)26-14-30-23(15-37)19(6)25(35-30)13-27-18(5)21(9-2)32(36-27)22(11-31(38)39-7)28-10-16(3)24(33-28)12-29(20)34-26/h10,12-14,18,21,34-35,37H,8-9,11,15H2,1-7H3/t18-,21-/m0/s1. The molecule has 0 radical (unpaired) electrons. The van der Waals surface area contributed by atoms with Crippen LogP contribution in [-0.4, -0.2) is 38.1 Å². The number of methoxy groups -OCH3 is 1. The van der Waals surface area contributed by atoms with Crippen LogP contribution in [0.3, 0.4) is 0 Å². The monoisotopic (exact) mass is 526 g/mol. The number of fused-ring (bicyclic) bond motifs is 8. The highest BCUT2D eigenvalue weighted by Crippen LogP contribution is 2.41. The number of nitrogens with zero attached hydrogens (tertiary/aromatic N) is 2. The van der Waals surface area contributed by atoms with Crippen molar-refractivity contribution in [3.63, 3.8) is 0 Å². The van der Waals surface area contributed by atoms with Gasteiger partial charge >= 0.3 is 5.97 Å². The predicted molar refractivity (Wildman–Crippen MR) is 156 cm³/mol. The molecule has 2 atom stereocenters. The normalized spacial score (nSPS) is 16.9. The second-order valence-corrected chi connectivity index (χ2v) is 10.7. The van der Waals surface area contributed by atoms with Gasteiger partial charge in [-0.25, -0.2) is 4.98 Å². The number of H-pyrrole nitrogens is 2. The number of esters is 1. The molecular weight excluding hydrogens is 488 g/mol. The molecule has 2 aliphatic heterocycles. The summed E-state index contributed by atoms with van der Waals surface area (Å²) in [7, 11) is 1.42. The van der Waals surface area contributed by atoms with Crippen LogP contribution in [0.5, 0.6) is 0 Å². The van der Waals surface area contributed by atoms with Crippen molar-refractivity contribution in [2.45, 2.75) is 79.2 Å². The van der Waals surface area contributed by atoms with Gasteiger partial charge in [-0.3, -0.25) is 9.78 Å². The number of aromatic amines is 2. The number of hydrogen-bond acceptors (Lipinski definition) is 5. The van der Waals surface area contributed by atoms with Crippen molar-refractivity contribution < 1.29 is 14.6 Å². The van der Waals surface area contributed by atoms with Crippen LogP contribution in [0.4, 0.5) is 0 Å². The number of nitrogens with one attached hydrogen (secondary N) is 2. The van der Waals surface area contributed by atoms with Crippen LogP contribution >= 0.6 is 0 Å². The molecule has 0 saturated heterocycles. The summed E-state index contributed by atoms with van der Waals surface area (Å²) in [5.74, 6) is -0.00309. The second kappa shape index (κ2) is 10.5. The number of hydrogen-bond donors (Lipinski definition) is 3. The van der Waals surface area contributed by atoms with E-state index in [2.05, 4.69) is 68.9 Å². The molecule has 3 N–H and O–H groups in total. The van der Waals surface area contributed by atoms with E-state index < -0.39 is 0 Å². The van der Waals surface area contributed by atoms with Crippen LogP contribution in [0.2, 0.25) is 0 Å². The Balaban J connectivity index is 1.99. The lowest BCUT2D eigenvalue weighted by molar-refractivity contribution is -0.139. The van der Waals surface area contributed by atoms with E-state index in [1.807, 2.05) is 6.92 Å². The highest BCUT2D eigenvalue weighted by Gasteiger charge is 2.31. The van der Waals surface area contributed by atoms with Gasteiger partial charge in [0.15, 0.2) is 0 Å². The molecule has 5 heterocycles. The smallest absolute Gasteiger partial charge is 0.310 e. The maximum atomic E-state index is 12.6. The Morgan fingerprint density at radius 2 is 1.62 bits per heavy atom. The zero-order chi connectivity index (χ0) is 28.0. The van der Waals surface area contributed by atoms with E-state index in [0.717, 1.165) is 79.9 Å². The van der Waals surface area contributed by atoms with Crippen molar-refractivity contribution in [3.05, 3.63) is 68.8 Å². The molecule has 0 aliphatic carbocycles. The highest BCUT2D eigenvalue weighted by atomic mass is 16.5. The zero-order valence-corrected chi connectivity index (χ0v) is 24.0. The average Bonchev–Trinajstić information content (AvgIpc) is 3.61. The molecule has 7 nitrogen and oxygen atoms in total. The average molecular weight is 527 g/mol. The third kappa shape index (κ3) is 4.59. The quantitative estimate of drug-likeness (QED) is 0.327. The SMILES string of the molecule is CCc1c(C)c2cc3[nH]c(cc4nc(c(CC(=O)OC)c5nc(cc1[nH]2)C(C)=C5)[C@@H](CC)[C@@H]4C)c(C)c3CO. The van der Waals surface area contributed by atoms with Gasteiger partial charge in [0.05, 0.1) is 37.2 Å². The predicted octanol–water partition coefficient (Wildman–Crippen LogP) is 6.56.